The number of amides is 1. The molecule has 3 rings (SSSR count). The van der Waals surface area contributed by atoms with E-state index in [4.69, 9.17) is 0 Å². The molecule has 1 atom stereocenters. The highest BCUT2D eigenvalue weighted by molar-refractivity contribution is 5.92. The Labute approximate surface area is 110 Å². The molecule has 3 heterocycles. The first-order valence-electron chi connectivity index (χ1n) is 6.18. The molecule has 1 aliphatic heterocycles. The number of aromatic nitrogens is 5. The first-order valence-corrected chi connectivity index (χ1v) is 6.18. The second-order valence-electron chi connectivity index (χ2n) is 4.64. The van der Waals surface area contributed by atoms with Crippen molar-refractivity contribution in [2.24, 2.45) is 5.92 Å². The lowest BCUT2D eigenvalue weighted by atomic mass is 9.98. The van der Waals surface area contributed by atoms with E-state index in [1.807, 2.05) is 4.57 Å². The Hall–Kier alpha value is -2.31. The van der Waals surface area contributed by atoms with E-state index in [0.29, 0.717) is 18.1 Å². The van der Waals surface area contributed by atoms with Gasteiger partial charge in [-0.25, -0.2) is 9.97 Å². The zero-order chi connectivity index (χ0) is 13.2. The predicted octanol–water partition coefficient (Wildman–Crippen LogP) is 0.578. The number of fused-ring (bicyclic) bond motifs is 1. The second-order valence-corrected chi connectivity index (χ2v) is 4.64. The number of nitrogens with one attached hydrogen (secondary N) is 1. The van der Waals surface area contributed by atoms with Gasteiger partial charge in [0.15, 0.2) is 0 Å². The third-order valence-electron chi connectivity index (χ3n) is 3.25. The molecule has 19 heavy (non-hydrogen) atoms. The van der Waals surface area contributed by atoms with E-state index in [1.54, 1.807) is 25.6 Å². The van der Waals surface area contributed by atoms with Crippen molar-refractivity contribution in [3.05, 3.63) is 30.4 Å². The summed E-state index contributed by atoms with van der Waals surface area (Å²) in [6.07, 6.45) is 6.48. The van der Waals surface area contributed by atoms with Crippen LogP contribution in [0.15, 0.2) is 18.7 Å². The fourth-order valence-electron chi connectivity index (χ4n) is 2.17. The van der Waals surface area contributed by atoms with E-state index in [0.717, 1.165) is 18.7 Å². The first-order chi connectivity index (χ1) is 9.22. The Morgan fingerprint density at radius 2 is 2.21 bits per heavy atom. The minimum absolute atomic E-state index is 0.00759. The predicted molar refractivity (Wildman–Crippen MR) is 67.2 cm³/mol. The van der Waals surface area contributed by atoms with Crippen LogP contribution in [0.2, 0.25) is 0 Å². The van der Waals surface area contributed by atoms with Crippen molar-refractivity contribution in [3.8, 4) is 0 Å². The van der Waals surface area contributed by atoms with Crippen molar-refractivity contribution in [1.82, 2.24) is 24.7 Å². The maximum absolute atomic E-state index is 12.2. The van der Waals surface area contributed by atoms with Crippen molar-refractivity contribution in [3.63, 3.8) is 0 Å². The summed E-state index contributed by atoms with van der Waals surface area (Å²) < 4.78 is 1.93. The van der Waals surface area contributed by atoms with Crippen LogP contribution in [0.5, 0.6) is 0 Å². The van der Waals surface area contributed by atoms with Crippen LogP contribution in [-0.4, -0.2) is 30.6 Å². The van der Waals surface area contributed by atoms with Gasteiger partial charge in [0.05, 0.1) is 24.0 Å². The van der Waals surface area contributed by atoms with Gasteiger partial charge in [0, 0.05) is 13.0 Å². The molecule has 1 amide bonds. The van der Waals surface area contributed by atoms with Gasteiger partial charge in [0.25, 0.3) is 0 Å². The van der Waals surface area contributed by atoms with Crippen LogP contribution in [0.4, 0.5) is 5.69 Å². The van der Waals surface area contributed by atoms with E-state index in [-0.39, 0.29) is 11.8 Å². The van der Waals surface area contributed by atoms with E-state index in [2.05, 4.69) is 25.5 Å². The van der Waals surface area contributed by atoms with Gasteiger partial charge in [-0.15, -0.1) is 10.2 Å². The normalized spacial score (nSPS) is 17.8. The van der Waals surface area contributed by atoms with Gasteiger partial charge in [-0.2, -0.15) is 0 Å². The monoisotopic (exact) mass is 258 g/mol. The smallest absolute Gasteiger partial charge is 0.229 e. The van der Waals surface area contributed by atoms with Crippen LogP contribution in [0.3, 0.4) is 0 Å². The number of hydrogen-bond acceptors (Lipinski definition) is 5. The lowest BCUT2D eigenvalue weighted by Crippen LogP contribution is -2.31. The number of nitrogens with zero attached hydrogens (tertiary/aromatic N) is 5. The molecule has 0 bridgehead atoms. The van der Waals surface area contributed by atoms with Gasteiger partial charge in [-0.05, 0) is 13.3 Å². The quantitative estimate of drug-likeness (QED) is 0.851. The average Bonchev–Trinajstić information content (AvgIpc) is 2.88. The summed E-state index contributed by atoms with van der Waals surface area (Å²) in [5.74, 6) is 1.56. The number of hydrogen-bond donors (Lipinski definition) is 1. The fraction of sp³-hybridized carbons (Fsp3) is 0.417. The standard InChI is InChI=1S/C12H14N6O/c1-8-13-4-10(5-14-8)16-12(19)9-2-3-11-17-15-7-18(11)6-9/h4-5,7,9H,2-3,6H2,1H3,(H,16,19)/t9-/m0/s1. The summed E-state index contributed by atoms with van der Waals surface area (Å²) in [6.45, 7) is 2.43. The van der Waals surface area contributed by atoms with Gasteiger partial charge < -0.3 is 9.88 Å². The van der Waals surface area contributed by atoms with Crippen LogP contribution < -0.4 is 5.32 Å². The SMILES string of the molecule is Cc1ncc(NC(=O)[C@H]2CCc3nncn3C2)cn1. The Morgan fingerprint density at radius 3 is 3.00 bits per heavy atom. The minimum atomic E-state index is -0.0650. The minimum Gasteiger partial charge on any atom is -0.323 e. The molecule has 0 aromatic carbocycles. The lowest BCUT2D eigenvalue weighted by Gasteiger charge is -2.22. The third-order valence-corrected chi connectivity index (χ3v) is 3.25. The number of anilines is 1. The van der Waals surface area contributed by atoms with Gasteiger partial charge in [0.2, 0.25) is 5.91 Å². The molecule has 7 nitrogen and oxygen atoms in total. The third kappa shape index (κ3) is 2.44. The van der Waals surface area contributed by atoms with Crippen molar-refractivity contribution in [2.75, 3.05) is 5.32 Å². The molecular formula is C12H14N6O. The zero-order valence-electron chi connectivity index (χ0n) is 10.6. The van der Waals surface area contributed by atoms with Crippen LogP contribution in [0.1, 0.15) is 18.1 Å². The fourth-order valence-corrected chi connectivity index (χ4v) is 2.17. The average molecular weight is 258 g/mol. The van der Waals surface area contributed by atoms with Crippen LogP contribution in [0, 0.1) is 12.8 Å². The number of rotatable bonds is 2. The van der Waals surface area contributed by atoms with Gasteiger partial charge in [0.1, 0.15) is 18.0 Å². The largest absolute Gasteiger partial charge is 0.323 e. The molecule has 1 aliphatic rings. The summed E-state index contributed by atoms with van der Waals surface area (Å²) in [5.41, 5.74) is 0.630. The number of carbonyl (C=O) groups is 1. The first kappa shape index (κ1) is 11.8. The molecule has 98 valence electrons. The number of carbonyl (C=O) groups excluding carboxylic acids is 1. The molecule has 0 saturated carbocycles. The molecule has 0 unspecified atom stereocenters. The molecule has 2 aromatic rings. The van der Waals surface area contributed by atoms with Crippen LogP contribution in [0.25, 0.3) is 0 Å². The zero-order valence-corrected chi connectivity index (χ0v) is 10.6. The topological polar surface area (TPSA) is 85.6 Å². The van der Waals surface area contributed by atoms with Crippen LogP contribution >= 0.6 is 0 Å². The van der Waals surface area contributed by atoms with Crippen molar-refractivity contribution >= 4 is 11.6 Å². The Bertz CT molecular complexity index is 591. The van der Waals surface area contributed by atoms with Gasteiger partial charge in [-0.3, -0.25) is 4.79 Å². The maximum atomic E-state index is 12.2. The molecule has 7 heteroatoms. The van der Waals surface area contributed by atoms with Crippen molar-refractivity contribution < 1.29 is 4.79 Å². The second kappa shape index (κ2) is 4.75. The number of aryl methyl sites for hydroxylation is 2. The molecule has 0 fully saturated rings. The van der Waals surface area contributed by atoms with Gasteiger partial charge in [-0.1, -0.05) is 0 Å². The van der Waals surface area contributed by atoms with E-state index >= 15 is 0 Å². The highest BCUT2D eigenvalue weighted by Gasteiger charge is 2.25. The molecule has 0 aliphatic carbocycles. The van der Waals surface area contributed by atoms with Crippen LogP contribution in [-0.2, 0) is 17.8 Å². The summed E-state index contributed by atoms with van der Waals surface area (Å²) in [7, 11) is 0. The van der Waals surface area contributed by atoms with E-state index in [1.165, 1.54) is 0 Å². The van der Waals surface area contributed by atoms with Crippen molar-refractivity contribution in [1.29, 1.82) is 0 Å². The Morgan fingerprint density at radius 1 is 1.42 bits per heavy atom. The maximum Gasteiger partial charge on any atom is 0.229 e. The molecule has 0 spiro atoms. The van der Waals surface area contributed by atoms with Crippen molar-refractivity contribution in [2.45, 2.75) is 26.3 Å². The summed E-state index contributed by atoms with van der Waals surface area (Å²) in [5, 5.41) is 10.7. The summed E-state index contributed by atoms with van der Waals surface area (Å²) in [4.78, 5) is 20.3. The Balaban J connectivity index is 1.67. The molecule has 0 saturated heterocycles. The van der Waals surface area contributed by atoms with E-state index < -0.39 is 0 Å². The molecule has 1 N–H and O–H groups in total. The highest BCUT2D eigenvalue weighted by atomic mass is 16.1. The molecular weight excluding hydrogens is 244 g/mol. The molecule has 2 aromatic heterocycles. The van der Waals surface area contributed by atoms with Gasteiger partial charge >= 0.3 is 0 Å². The summed E-state index contributed by atoms with van der Waals surface area (Å²) >= 11 is 0. The molecule has 0 radical (unpaired) electrons. The Kier molecular flexibility index (Phi) is 2.94. The highest BCUT2D eigenvalue weighted by Crippen LogP contribution is 2.19. The lowest BCUT2D eigenvalue weighted by molar-refractivity contribution is -0.120. The van der Waals surface area contributed by atoms with E-state index in [9.17, 15) is 4.79 Å². The summed E-state index contributed by atoms with van der Waals surface area (Å²) in [6, 6.07) is 0.